The van der Waals surface area contributed by atoms with Gasteiger partial charge in [-0.15, -0.1) is 0 Å². The molecule has 0 amide bonds. The monoisotopic (exact) mass is 538 g/mol. The molecule has 0 bridgehead atoms. The van der Waals surface area contributed by atoms with Crippen molar-refractivity contribution in [2.45, 2.75) is 13.5 Å². The van der Waals surface area contributed by atoms with Crippen molar-refractivity contribution >= 4 is 27.8 Å². The molecule has 5 aromatic rings. The Balaban J connectivity index is 1.69. The zero-order chi connectivity index (χ0) is 28.3. The fourth-order valence-corrected chi connectivity index (χ4v) is 4.78. The van der Waals surface area contributed by atoms with Crippen LogP contribution in [0, 0.1) is 53.1 Å². The van der Waals surface area contributed by atoms with Crippen molar-refractivity contribution in [3.8, 4) is 34.9 Å². The second kappa shape index (κ2) is 9.06. The molecule has 194 valence electrons. The number of nitriles is 2. The molecule has 40 heavy (non-hydrogen) atoms. The number of halogens is 4. The highest BCUT2D eigenvalue weighted by molar-refractivity contribution is 6.23. The lowest BCUT2D eigenvalue weighted by Crippen LogP contribution is -2.14. The zero-order valence-corrected chi connectivity index (χ0v) is 20.8. The molecule has 1 aliphatic rings. The first-order chi connectivity index (χ1) is 19.2. The van der Waals surface area contributed by atoms with E-state index in [2.05, 4.69) is 24.9 Å². The molecule has 2 heterocycles. The molecule has 2 aromatic heterocycles. The van der Waals surface area contributed by atoms with Crippen LogP contribution in [0.4, 0.5) is 17.6 Å². The Morgan fingerprint density at radius 2 is 1.32 bits per heavy atom. The minimum Gasteiger partial charge on any atom is -0.308 e. The number of rotatable bonds is 3. The fraction of sp³-hybridized carbons (Fsp3) is 0.107. The lowest BCUT2D eigenvalue weighted by molar-refractivity contribution is 0.462. The summed E-state index contributed by atoms with van der Waals surface area (Å²) in [5, 5.41) is 18.5. The van der Waals surface area contributed by atoms with Crippen molar-refractivity contribution in [1.29, 1.82) is 10.5 Å². The van der Waals surface area contributed by atoms with Crippen LogP contribution in [0.25, 0.3) is 44.6 Å². The molecule has 0 aliphatic heterocycles. The second-order valence-corrected chi connectivity index (χ2v) is 9.13. The van der Waals surface area contributed by atoms with E-state index in [0.29, 0.717) is 16.7 Å². The van der Waals surface area contributed by atoms with Gasteiger partial charge in [0.2, 0.25) is 6.19 Å². The van der Waals surface area contributed by atoms with Gasteiger partial charge in [-0.25, -0.2) is 37.5 Å². The van der Waals surface area contributed by atoms with E-state index in [0.717, 1.165) is 6.07 Å². The van der Waals surface area contributed by atoms with Crippen LogP contribution in [0.1, 0.15) is 22.5 Å². The Labute approximate surface area is 223 Å². The van der Waals surface area contributed by atoms with E-state index < -0.39 is 45.3 Å². The Morgan fingerprint density at radius 1 is 0.750 bits per heavy atom. The number of aromatic nitrogens is 4. The number of aryl methyl sites for hydroxylation is 1. The van der Waals surface area contributed by atoms with Crippen molar-refractivity contribution in [3.63, 3.8) is 0 Å². The van der Waals surface area contributed by atoms with Crippen molar-refractivity contribution in [1.82, 2.24) is 24.8 Å². The maximum atomic E-state index is 16.1. The van der Waals surface area contributed by atoms with E-state index >= 15 is 8.78 Å². The normalized spacial score (nSPS) is 12.8. The van der Waals surface area contributed by atoms with Crippen LogP contribution in [0.5, 0.6) is 0 Å². The molecular weight excluding hydrogens is 524 g/mol. The minimum absolute atomic E-state index is 0.0119. The highest BCUT2D eigenvalue weighted by Gasteiger charge is 2.32. The van der Waals surface area contributed by atoms with Gasteiger partial charge in [0, 0.05) is 23.7 Å². The number of nitrogens with zero attached hydrogens (tertiary/aromatic N) is 8. The molecule has 1 aliphatic carbocycles. The van der Waals surface area contributed by atoms with Crippen LogP contribution in [-0.4, -0.2) is 37.6 Å². The third-order valence-corrected chi connectivity index (χ3v) is 6.57. The van der Waals surface area contributed by atoms with E-state index in [1.165, 1.54) is 42.3 Å². The third-order valence-electron chi connectivity index (χ3n) is 6.57. The zero-order valence-electron chi connectivity index (χ0n) is 20.8. The largest absolute Gasteiger partial charge is 0.308 e. The number of aliphatic imine (C=N–C) groups is 1. The summed E-state index contributed by atoms with van der Waals surface area (Å²) in [5.74, 6) is -3.13. The van der Waals surface area contributed by atoms with Gasteiger partial charge < -0.3 is 4.90 Å². The van der Waals surface area contributed by atoms with Crippen molar-refractivity contribution < 1.29 is 17.6 Å². The van der Waals surface area contributed by atoms with Crippen LogP contribution in [-0.2, 0) is 6.54 Å². The number of hydrogen-bond donors (Lipinski definition) is 0. The maximum absolute atomic E-state index is 16.1. The minimum atomic E-state index is -1.03. The van der Waals surface area contributed by atoms with E-state index in [-0.39, 0.29) is 40.6 Å². The van der Waals surface area contributed by atoms with E-state index in [1.807, 2.05) is 6.19 Å². The molecule has 0 radical (unpaired) electrons. The number of fused-ring (bicyclic) bond motifs is 5. The molecule has 0 saturated carbocycles. The molecule has 0 atom stereocenters. The average Bonchev–Trinajstić information content (AvgIpc) is 3.22. The molecule has 0 spiro atoms. The molecule has 6 rings (SSSR count). The van der Waals surface area contributed by atoms with Gasteiger partial charge in [-0.05, 0) is 48.9 Å². The van der Waals surface area contributed by atoms with Crippen LogP contribution in [0.2, 0.25) is 0 Å². The maximum Gasteiger partial charge on any atom is 0.206 e. The van der Waals surface area contributed by atoms with Crippen molar-refractivity contribution in [2.75, 3.05) is 7.05 Å². The van der Waals surface area contributed by atoms with Crippen LogP contribution in [0.3, 0.4) is 0 Å². The predicted octanol–water partition coefficient (Wildman–Crippen LogP) is 5.32. The topological polar surface area (TPSA) is 115 Å². The highest BCUT2D eigenvalue weighted by Crippen LogP contribution is 2.39. The quantitative estimate of drug-likeness (QED) is 0.130. The molecule has 3 aromatic carbocycles. The summed E-state index contributed by atoms with van der Waals surface area (Å²) in [4.78, 5) is 22.3. The number of hydrogen-bond acceptors (Lipinski definition) is 8. The first-order valence-electron chi connectivity index (χ1n) is 11.8. The Bertz CT molecular complexity index is 2040. The lowest BCUT2D eigenvalue weighted by Gasteiger charge is -2.16. The van der Waals surface area contributed by atoms with Crippen LogP contribution >= 0.6 is 0 Å². The summed E-state index contributed by atoms with van der Waals surface area (Å²) < 4.78 is 59.9. The van der Waals surface area contributed by atoms with Gasteiger partial charge in [0.05, 0.1) is 23.6 Å². The van der Waals surface area contributed by atoms with Crippen LogP contribution in [0.15, 0.2) is 41.4 Å². The standard InChI is InChI=1S/C28H14F4N8/c1-12-7-13(29)3-5-15(12)21-18(9-40(2)11-34)36-24-19(31)26-27(20(32)25(24)37-21)39-28-22(35-10-33)17-8-14(30)4-6-16(17)23(28)38-26/h3-8H,9H2,1-2H3. The summed E-state index contributed by atoms with van der Waals surface area (Å²) in [6.45, 7) is 1.54. The smallest absolute Gasteiger partial charge is 0.206 e. The van der Waals surface area contributed by atoms with Gasteiger partial charge in [-0.2, -0.15) is 15.5 Å². The summed E-state index contributed by atoms with van der Waals surface area (Å²) >= 11 is 0. The molecule has 0 unspecified atom stereocenters. The SMILES string of the molecule is Cc1cc(F)ccc1-c1nc2c(F)c3nc4c(nc3c(F)c2nc1CN(C)C#N)-c1ccc(F)cc1C4=NC#N. The summed E-state index contributed by atoms with van der Waals surface area (Å²) in [7, 11) is 1.49. The molecular formula is C28H14F4N8. The molecule has 8 nitrogen and oxygen atoms in total. The third kappa shape index (κ3) is 3.69. The Morgan fingerprint density at radius 3 is 1.95 bits per heavy atom. The van der Waals surface area contributed by atoms with Gasteiger partial charge in [-0.1, -0.05) is 0 Å². The Hall–Kier alpha value is -5.49. The number of benzene rings is 3. The first-order valence-corrected chi connectivity index (χ1v) is 11.8. The summed E-state index contributed by atoms with van der Waals surface area (Å²) in [6, 6.07) is 7.62. The van der Waals surface area contributed by atoms with Gasteiger partial charge in [-0.3, -0.25) is 0 Å². The average molecular weight is 538 g/mol. The van der Waals surface area contributed by atoms with Gasteiger partial charge in [0.1, 0.15) is 45.1 Å². The van der Waals surface area contributed by atoms with E-state index in [1.54, 1.807) is 13.1 Å². The van der Waals surface area contributed by atoms with Gasteiger partial charge in [0.15, 0.2) is 17.8 Å². The Kier molecular flexibility index (Phi) is 5.63. The molecule has 0 saturated heterocycles. The van der Waals surface area contributed by atoms with Crippen molar-refractivity contribution in [3.05, 3.63) is 82.2 Å². The van der Waals surface area contributed by atoms with Gasteiger partial charge >= 0.3 is 0 Å². The lowest BCUT2D eigenvalue weighted by atomic mass is 10.0. The second-order valence-electron chi connectivity index (χ2n) is 9.13. The van der Waals surface area contributed by atoms with Crippen LogP contribution < -0.4 is 0 Å². The highest BCUT2D eigenvalue weighted by atomic mass is 19.1. The molecule has 12 heteroatoms. The summed E-state index contributed by atoms with van der Waals surface area (Å²) in [6.07, 6.45) is 3.56. The fourth-order valence-electron chi connectivity index (χ4n) is 4.78. The summed E-state index contributed by atoms with van der Waals surface area (Å²) in [5.41, 5.74) is -0.0258. The van der Waals surface area contributed by atoms with E-state index in [4.69, 9.17) is 0 Å². The predicted molar refractivity (Wildman–Crippen MR) is 136 cm³/mol. The molecule has 0 N–H and O–H groups in total. The van der Waals surface area contributed by atoms with Gasteiger partial charge in [0.25, 0.3) is 0 Å². The molecule has 0 fully saturated rings. The van der Waals surface area contributed by atoms with E-state index in [9.17, 15) is 19.3 Å². The van der Waals surface area contributed by atoms with Crippen molar-refractivity contribution in [2.24, 2.45) is 4.99 Å². The first kappa shape index (κ1) is 24.8.